The Hall–Kier alpha value is -1.82. The molecule has 0 aliphatic carbocycles. The second kappa shape index (κ2) is 5.68. The molecule has 2 aromatic heterocycles. The number of nitrogens with zero attached hydrogens (tertiary/aromatic N) is 4. The van der Waals surface area contributed by atoms with Crippen molar-refractivity contribution in [3.8, 4) is 0 Å². The molecule has 2 rings (SSSR count). The SMILES string of the molecule is Cn1ncc(NCCCn2ccnc2)c(Cl)c1=O. The number of imidazole rings is 1. The third kappa shape index (κ3) is 2.89. The number of halogens is 1. The van der Waals surface area contributed by atoms with Crippen LogP contribution < -0.4 is 10.9 Å². The molecule has 2 heterocycles. The summed E-state index contributed by atoms with van der Waals surface area (Å²) in [6, 6.07) is 0. The maximum absolute atomic E-state index is 11.5. The third-order valence-electron chi connectivity index (χ3n) is 2.55. The van der Waals surface area contributed by atoms with Crippen molar-refractivity contribution >= 4 is 17.3 Å². The lowest BCUT2D eigenvalue weighted by Gasteiger charge is -2.08. The monoisotopic (exact) mass is 267 g/mol. The molecular formula is C11H14ClN5O. The van der Waals surface area contributed by atoms with Crippen LogP contribution >= 0.6 is 11.6 Å². The van der Waals surface area contributed by atoms with Gasteiger partial charge in [-0.15, -0.1) is 0 Å². The first kappa shape index (κ1) is 12.6. The van der Waals surface area contributed by atoms with Crippen LogP contribution in [0, 0.1) is 0 Å². The zero-order valence-corrected chi connectivity index (χ0v) is 10.8. The number of anilines is 1. The Morgan fingerprint density at radius 1 is 1.50 bits per heavy atom. The molecule has 0 aromatic carbocycles. The highest BCUT2D eigenvalue weighted by Gasteiger charge is 2.06. The number of aryl methyl sites for hydroxylation is 2. The maximum atomic E-state index is 11.5. The van der Waals surface area contributed by atoms with Gasteiger partial charge in [0, 0.05) is 32.5 Å². The van der Waals surface area contributed by atoms with E-state index in [1.807, 2.05) is 10.8 Å². The van der Waals surface area contributed by atoms with Gasteiger partial charge in [0.25, 0.3) is 5.56 Å². The Kier molecular flexibility index (Phi) is 3.99. The van der Waals surface area contributed by atoms with Gasteiger partial charge in [-0.05, 0) is 6.42 Å². The van der Waals surface area contributed by atoms with Gasteiger partial charge in [-0.25, -0.2) is 9.67 Å². The molecule has 96 valence electrons. The van der Waals surface area contributed by atoms with Crippen molar-refractivity contribution in [1.29, 1.82) is 0 Å². The normalized spacial score (nSPS) is 10.6. The molecule has 0 bridgehead atoms. The Labute approximate surface area is 109 Å². The molecule has 0 saturated carbocycles. The second-order valence-electron chi connectivity index (χ2n) is 3.88. The molecule has 0 amide bonds. The molecule has 0 radical (unpaired) electrons. The summed E-state index contributed by atoms with van der Waals surface area (Å²) < 4.78 is 3.20. The van der Waals surface area contributed by atoms with Gasteiger partial charge < -0.3 is 9.88 Å². The van der Waals surface area contributed by atoms with Gasteiger partial charge in [0.2, 0.25) is 0 Å². The summed E-state index contributed by atoms with van der Waals surface area (Å²) in [5.74, 6) is 0. The number of rotatable bonds is 5. The lowest BCUT2D eigenvalue weighted by molar-refractivity contribution is 0.659. The molecule has 0 spiro atoms. The van der Waals surface area contributed by atoms with Crippen LogP contribution in [0.4, 0.5) is 5.69 Å². The summed E-state index contributed by atoms with van der Waals surface area (Å²) in [6.07, 6.45) is 7.89. The molecule has 0 aliphatic heterocycles. The number of hydrogen-bond donors (Lipinski definition) is 1. The van der Waals surface area contributed by atoms with Crippen molar-refractivity contribution in [3.63, 3.8) is 0 Å². The minimum absolute atomic E-state index is 0.176. The van der Waals surface area contributed by atoms with Crippen LogP contribution in [0.3, 0.4) is 0 Å². The lowest BCUT2D eigenvalue weighted by atomic mass is 10.4. The van der Waals surface area contributed by atoms with E-state index in [9.17, 15) is 4.79 Å². The molecule has 0 unspecified atom stereocenters. The van der Waals surface area contributed by atoms with Crippen molar-refractivity contribution in [3.05, 3.63) is 40.3 Å². The van der Waals surface area contributed by atoms with E-state index in [1.165, 1.54) is 4.68 Å². The Morgan fingerprint density at radius 3 is 3.06 bits per heavy atom. The molecule has 0 atom stereocenters. The summed E-state index contributed by atoms with van der Waals surface area (Å²) in [5.41, 5.74) is 0.279. The third-order valence-corrected chi connectivity index (χ3v) is 2.91. The molecular weight excluding hydrogens is 254 g/mol. The van der Waals surface area contributed by atoms with E-state index in [1.54, 1.807) is 25.8 Å². The van der Waals surface area contributed by atoms with Crippen molar-refractivity contribution in [1.82, 2.24) is 19.3 Å². The molecule has 7 heteroatoms. The van der Waals surface area contributed by atoms with E-state index in [4.69, 9.17) is 11.6 Å². The summed E-state index contributed by atoms with van der Waals surface area (Å²) >= 11 is 5.93. The molecule has 0 aliphatic rings. The van der Waals surface area contributed by atoms with E-state index in [-0.39, 0.29) is 10.6 Å². The van der Waals surface area contributed by atoms with Crippen molar-refractivity contribution in [2.75, 3.05) is 11.9 Å². The van der Waals surface area contributed by atoms with Crippen LogP contribution in [0.5, 0.6) is 0 Å². The highest BCUT2D eigenvalue weighted by Crippen LogP contribution is 2.14. The van der Waals surface area contributed by atoms with Gasteiger partial charge in [0.05, 0.1) is 18.2 Å². The second-order valence-corrected chi connectivity index (χ2v) is 4.26. The molecule has 0 fully saturated rings. The van der Waals surface area contributed by atoms with Crippen LogP contribution in [-0.2, 0) is 13.6 Å². The van der Waals surface area contributed by atoms with Crippen molar-refractivity contribution in [2.24, 2.45) is 7.05 Å². The highest BCUT2D eigenvalue weighted by atomic mass is 35.5. The predicted molar refractivity (Wildman–Crippen MR) is 69.8 cm³/mol. The number of aromatic nitrogens is 4. The Bertz CT molecular complexity index is 563. The average Bonchev–Trinajstić information content (AvgIpc) is 2.87. The Balaban J connectivity index is 1.87. The fourth-order valence-corrected chi connectivity index (χ4v) is 1.78. The average molecular weight is 268 g/mol. The molecule has 0 saturated heterocycles. The van der Waals surface area contributed by atoms with Crippen LogP contribution in [-0.4, -0.2) is 25.9 Å². The number of hydrogen-bond acceptors (Lipinski definition) is 4. The molecule has 6 nitrogen and oxygen atoms in total. The van der Waals surface area contributed by atoms with E-state index in [0.29, 0.717) is 12.2 Å². The van der Waals surface area contributed by atoms with E-state index in [0.717, 1.165) is 13.0 Å². The lowest BCUT2D eigenvalue weighted by Crippen LogP contribution is -2.21. The van der Waals surface area contributed by atoms with Gasteiger partial charge in [-0.2, -0.15) is 5.10 Å². The smallest absolute Gasteiger partial charge is 0.287 e. The van der Waals surface area contributed by atoms with Gasteiger partial charge in [0.15, 0.2) is 0 Å². The first-order valence-corrected chi connectivity index (χ1v) is 5.97. The van der Waals surface area contributed by atoms with Crippen molar-refractivity contribution < 1.29 is 0 Å². The summed E-state index contributed by atoms with van der Waals surface area (Å²) in [4.78, 5) is 15.5. The van der Waals surface area contributed by atoms with Gasteiger partial charge >= 0.3 is 0 Å². The minimum Gasteiger partial charge on any atom is -0.382 e. The molecule has 1 N–H and O–H groups in total. The van der Waals surface area contributed by atoms with E-state index >= 15 is 0 Å². The number of nitrogens with one attached hydrogen (secondary N) is 1. The predicted octanol–water partition coefficient (Wildman–Crippen LogP) is 1.13. The van der Waals surface area contributed by atoms with Crippen molar-refractivity contribution in [2.45, 2.75) is 13.0 Å². The van der Waals surface area contributed by atoms with Crippen LogP contribution in [0.1, 0.15) is 6.42 Å². The largest absolute Gasteiger partial charge is 0.382 e. The first-order valence-electron chi connectivity index (χ1n) is 5.60. The van der Waals surface area contributed by atoms with Crippen LogP contribution in [0.25, 0.3) is 0 Å². The van der Waals surface area contributed by atoms with E-state index in [2.05, 4.69) is 15.4 Å². The quantitative estimate of drug-likeness (QED) is 0.825. The Morgan fingerprint density at radius 2 is 2.33 bits per heavy atom. The summed E-state index contributed by atoms with van der Waals surface area (Å²) in [5, 5.41) is 7.19. The summed E-state index contributed by atoms with van der Waals surface area (Å²) in [6.45, 7) is 1.58. The van der Waals surface area contributed by atoms with Gasteiger partial charge in [-0.3, -0.25) is 4.79 Å². The standard InChI is InChI=1S/C11H14ClN5O/c1-16-11(18)10(12)9(7-15-16)14-3-2-5-17-6-4-13-8-17/h4,6-8,14H,2-3,5H2,1H3. The minimum atomic E-state index is -0.295. The fraction of sp³-hybridized carbons (Fsp3) is 0.364. The maximum Gasteiger partial charge on any atom is 0.287 e. The first-order chi connectivity index (χ1) is 8.68. The van der Waals surface area contributed by atoms with Crippen LogP contribution in [0.15, 0.2) is 29.7 Å². The van der Waals surface area contributed by atoms with Gasteiger partial charge in [-0.1, -0.05) is 11.6 Å². The summed E-state index contributed by atoms with van der Waals surface area (Å²) in [7, 11) is 1.57. The topological polar surface area (TPSA) is 64.7 Å². The molecule has 18 heavy (non-hydrogen) atoms. The van der Waals surface area contributed by atoms with Gasteiger partial charge in [0.1, 0.15) is 5.02 Å². The zero-order chi connectivity index (χ0) is 13.0. The highest BCUT2D eigenvalue weighted by molar-refractivity contribution is 6.32. The fourth-order valence-electron chi connectivity index (χ4n) is 1.54. The van der Waals surface area contributed by atoms with Crippen LogP contribution in [0.2, 0.25) is 5.02 Å². The zero-order valence-electron chi connectivity index (χ0n) is 10.0. The molecule has 2 aromatic rings. The van der Waals surface area contributed by atoms with E-state index < -0.39 is 0 Å².